The summed E-state index contributed by atoms with van der Waals surface area (Å²) in [6.07, 6.45) is 89.8. The number of phosphoric ester groups is 2. The van der Waals surface area contributed by atoms with Gasteiger partial charge in [0.15, 0.2) is 6.10 Å². The highest BCUT2D eigenvalue weighted by Gasteiger charge is 2.29. The van der Waals surface area contributed by atoms with E-state index in [9.17, 15) is 43.5 Å². The lowest BCUT2D eigenvalue weighted by atomic mass is 10.0. The molecule has 16 nitrogen and oxygen atoms in total. The van der Waals surface area contributed by atoms with Crippen molar-refractivity contribution in [3.8, 4) is 0 Å². The van der Waals surface area contributed by atoms with E-state index >= 15 is 0 Å². The van der Waals surface area contributed by atoms with Crippen LogP contribution >= 0.6 is 15.6 Å². The zero-order valence-electron chi connectivity index (χ0n) is 63.5. The minimum Gasteiger partial charge on any atom is -0.463 e. The number of aliphatic hydroxyl groups is 2. The molecule has 582 valence electrons. The van der Waals surface area contributed by atoms with E-state index in [4.69, 9.17) is 32.3 Å². The zero-order valence-corrected chi connectivity index (χ0v) is 65.3. The second-order valence-electron chi connectivity index (χ2n) is 26.5. The smallest absolute Gasteiger partial charge is 0.463 e. The topological polar surface area (TPSA) is 231 Å². The molecule has 101 heavy (non-hydrogen) atoms. The summed E-state index contributed by atoms with van der Waals surface area (Å²) in [5.74, 6) is -1.60. The number of hydrogen-bond acceptors (Lipinski definition) is 14. The van der Waals surface area contributed by atoms with E-state index < -0.39 is 91.5 Å². The predicted octanol–water partition coefficient (Wildman–Crippen LogP) is 23.3. The molecule has 0 radical (unpaired) electrons. The van der Waals surface area contributed by atoms with Gasteiger partial charge in [-0.25, -0.2) is 9.13 Å². The van der Waals surface area contributed by atoms with E-state index in [1.54, 1.807) is 0 Å². The fraction of sp³-hybridized carbons (Fsp3) is 0.723. The van der Waals surface area contributed by atoms with Gasteiger partial charge in [0, 0.05) is 19.3 Å². The van der Waals surface area contributed by atoms with Crippen LogP contribution in [-0.4, -0.2) is 95.9 Å². The molecule has 0 saturated carbocycles. The van der Waals surface area contributed by atoms with E-state index in [2.05, 4.69) is 142 Å². The van der Waals surface area contributed by atoms with Gasteiger partial charge in [0.05, 0.1) is 26.4 Å². The molecule has 0 amide bonds. The van der Waals surface area contributed by atoms with Gasteiger partial charge in [-0.15, -0.1) is 0 Å². The van der Waals surface area contributed by atoms with Gasteiger partial charge in [0.25, 0.3) is 0 Å². The van der Waals surface area contributed by atoms with Gasteiger partial charge in [-0.2, -0.15) is 0 Å². The quantitative estimate of drug-likeness (QED) is 0.0146. The minimum atomic E-state index is -4.93. The first-order valence-electron chi connectivity index (χ1n) is 39.8. The molecule has 0 aromatic rings. The fourth-order valence-electron chi connectivity index (χ4n) is 10.6. The molecule has 0 aromatic heterocycles. The van der Waals surface area contributed by atoms with Crippen LogP contribution in [0, 0.1) is 0 Å². The van der Waals surface area contributed by atoms with Gasteiger partial charge < -0.3 is 34.2 Å². The number of phosphoric acid groups is 2. The summed E-state index contributed by atoms with van der Waals surface area (Å²) in [4.78, 5) is 58.6. The predicted molar refractivity (Wildman–Crippen MR) is 417 cm³/mol. The van der Waals surface area contributed by atoms with Crippen molar-refractivity contribution in [2.24, 2.45) is 0 Å². The molecular formula is C83H144O16P2. The van der Waals surface area contributed by atoms with E-state index in [0.29, 0.717) is 19.3 Å². The zero-order chi connectivity index (χ0) is 73.7. The summed E-state index contributed by atoms with van der Waals surface area (Å²) in [7, 11) is -9.79. The minimum absolute atomic E-state index is 0.0844. The molecule has 0 fully saturated rings. The molecule has 0 aliphatic rings. The van der Waals surface area contributed by atoms with Crippen molar-refractivity contribution in [1.82, 2.24) is 0 Å². The van der Waals surface area contributed by atoms with Crippen LogP contribution in [0.2, 0.25) is 0 Å². The maximum atomic E-state index is 12.9. The van der Waals surface area contributed by atoms with Crippen molar-refractivity contribution in [3.63, 3.8) is 0 Å². The van der Waals surface area contributed by atoms with Gasteiger partial charge in [-0.05, 0) is 128 Å². The normalized spacial score (nSPS) is 14.6. The number of unbranched alkanes of at least 4 members (excludes halogenated alkanes) is 32. The summed E-state index contributed by atoms with van der Waals surface area (Å²) >= 11 is 0. The van der Waals surface area contributed by atoms with E-state index in [-0.39, 0.29) is 19.3 Å². The SMILES string of the molecule is CC/C=C\C/C=C\C/C=C\C/C=C\C/C=C\CCCCCCCCCCCCCCCCCCCC(=O)OCC(O)COP(=O)(O)OCC(O)COP(=O)(O)OCC(COC(=O)CCCCCCCC/C=C\C/C=C\C/C=C\CCCCC)OC(=O)CCCCCCC/C=C\C/C=C\CCC. The van der Waals surface area contributed by atoms with Gasteiger partial charge in [-0.3, -0.25) is 32.5 Å². The molecular weight excluding hydrogens is 1310 g/mol. The van der Waals surface area contributed by atoms with Crippen LogP contribution < -0.4 is 0 Å². The number of rotatable bonds is 75. The van der Waals surface area contributed by atoms with Crippen LogP contribution in [0.4, 0.5) is 0 Å². The Morgan fingerprint density at radius 3 is 0.871 bits per heavy atom. The molecule has 0 aliphatic heterocycles. The second-order valence-corrected chi connectivity index (χ2v) is 29.4. The fourth-order valence-corrected chi connectivity index (χ4v) is 12.2. The molecule has 18 heteroatoms. The lowest BCUT2D eigenvalue weighted by molar-refractivity contribution is -0.161. The van der Waals surface area contributed by atoms with Gasteiger partial charge in [-0.1, -0.05) is 303 Å². The molecule has 0 heterocycles. The van der Waals surface area contributed by atoms with E-state index in [0.717, 1.165) is 161 Å². The third-order valence-corrected chi connectivity index (χ3v) is 18.5. The van der Waals surface area contributed by atoms with Crippen molar-refractivity contribution in [2.75, 3.05) is 39.6 Å². The number of esters is 3. The highest BCUT2D eigenvalue weighted by Crippen LogP contribution is 2.45. The third-order valence-electron chi connectivity index (χ3n) is 16.6. The van der Waals surface area contributed by atoms with Crippen molar-refractivity contribution in [1.29, 1.82) is 0 Å². The first-order chi connectivity index (χ1) is 49.2. The van der Waals surface area contributed by atoms with Gasteiger partial charge in [0.1, 0.15) is 25.4 Å². The molecule has 5 unspecified atom stereocenters. The van der Waals surface area contributed by atoms with Crippen molar-refractivity contribution < 1.29 is 75.8 Å². The van der Waals surface area contributed by atoms with E-state index in [1.807, 2.05) is 0 Å². The van der Waals surface area contributed by atoms with Crippen LogP contribution in [-0.2, 0) is 55.8 Å². The Balaban J connectivity index is 4.40. The maximum absolute atomic E-state index is 12.9. The Morgan fingerprint density at radius 2 is 0.545 bits per heavy atom. The molecule has 0 saturated heterocycles. The van der Waals surface area contributed by atoms with Gasteiger partial charge in [0.2, 0.25) is 0 Å². The molecule has 0 spiro atoms. The average molecular weight is 1460 g/mol. The summed E-state index contributed by atoms with van der Waals surface area (Å²) in [6.45, 7) is 2.46. The van der Waals surface area contributed by atoms with Crippen molar-refractivity contribution in [2.45, 2.75) is 347 Å². The lowest BCUT2D eigenvalue weighted by Crippen LogP contribution is -2.30. The Hall–Kier alpha value is -4.05. The van der Waals surface area contributed by atoms with Crippen molar-refractivity contribution in [3.05, 3.63) is 122 Å². The number of ether oxygens (including phenoxy) is 3. The Labute approximate surface area is 614 Å². The Morgan fingerprint density at radius 1 is 0.287 bits per heavy atom. The van der Waals surface area contributed by atoms with Crippen LogP contribution in [0.15, 0.2) is 122 Å². The molecule has 0 aromatic carbocycles. The van der Waals surface area contributed by atoms with Crippen molar-refractivity contribution >= 4 is 33.6 Å². The molecule has 5 atom stereocenters. The lowest BCUT2D eigenvalue weighted by Gasteiger charge is -2.21. The summed E-state index contributed by atoms with van der Waals surface area (Å²) in [5, 5.41) is 20.6. The van der Waals surface area contributed by atoms with Crippen LogP contribution in [0.3, 0.4) is 0 Å². The number of carbonyl (C=O) groups excluding carboxylic acids is 3. The van der Waals surface area contributed by atoms with Crippen LogP contribution in [0.5, 0.6) is 0 Å². The largest absolute Gasteiger partial charge is 0.472 e. The monoisotopic (exact) mass is 1460 g/mol. The van der Waals surface area contributed by atoms with Crippen LogP contribution in [0.1, 0.15) is 329 Å². The highest BCUT2D eigenvalue weighted by molar-refractivity contribution is 7.47. The number of carbonyl (C=O) groups is 3. The summed E-state index contributed by atoms with van der Waals surface area (Å²) in [5.41, 5.74) is 0. The van der Waals surface area contributed by atoms with E-state index in [1.165, 1.54) is 109 Å². The number of hydrogen-bond donors (Lipinski definition) is 4. The molecule has 0 rings (SSSR count). The Kier molecular flexibility index (Phi) is 72.6. The summed E-state index contributed by atoms with van der Waals surface area (Å²) < 4.78 is 61.1. The number of allylic oxidation sites excluding steroid dienone is 20. The highest BCUT2D eigenvalue weighted by atomic mass is 31.2. The third kappa shape index (κ3) is 76.9. The number of aliphatic hydroxyl groups excluding tert-OH is 2. The molecule has 0 aliphatic carbocycles. The summed E-state index contributed by atoms with van der Waals surface area (Å²) in [6, 6.07) is 0. The average Bonchev–Trinajstić information content (AvgIpc) is 0.933. The maximum Gasteiger partial charge on any atom is 0.472 e. The first-order valence-corrected chi connectivity index (χ1v) is 42.8. The standard InChI is InChI=1S/C83H144O16P2/c1-4-7-10-13-16-19-22-25-27-29-31-32-33-34-35-36-37-38-39-40-41-42-43-44-46-48-49-52-54-57-60-63-66-69-81(86)93-72-78(84)73-95-100(89,90)96-74-79(85)75-97-101(91,92)98-77-80(99-83(88)71-68-65-62-59-56-51-24-21-18-15-12-9-6-3)76-94-82(87)70-67-64-61-58-55-53-50-47-45-30-28-26-23-20-17-14-11-8-5-2/h7,10,12,15-17,19-21,24-28,31-32,34-35,45,47,78-80,84-85H,4-6,8-9,11,13-14,18,22-23,29-30,33,36-44,46,48-77H2,1-3H3,(H,89,90)(H,91,92)/b10-7-,15-12-,19-16-,20-17-,24-21-,27-25-,28-26-,32-31-,35-34-,47-45-. The van der Waals surface area contributed by atoms with Crippen LogP contribution in [0.25, 0.3) is 0 Å². The molecule has 4 N–H and O–H groups in total. The van der Waals surface area contributed by atoms with Gasteiger partial charge >= 0.3 is 33.6 Å². The molecule has 0 bridgehead atoms. The first kappa shape index (κ1) is 97.0. The Bertz CT molecular complexity index is 2320. The second kappa shape index (κ2) is 75.6.